The highest BCUT2D eigenvalue weighted by Gasteiger charge is 2.09. The highest BCUT2D eigenvalue weighted by molar-refractivity contribution is 6.50. The van der Waals surface area contributed by atoms with Crippen molar-refractivity contribution in [1.29, 1.82) is 0 Å². The molecule has 0 aliphatic carbocycles. The van der Waals surface area contributed by atoms with Gasteiger partial charge in [0.15, 0.2) is 5.76 Å². The summed E-state index contributed by atoms with van der Waals surface area (Å²) in [6, 6.07) is 12.5. The van der Waals surface area contributed by atoms with Crippen LogP contribution in [0.1, 0.15) is 11.5 Å². The van der Waals surface area contributed by atoms with Crippen molar-refractivity contribution in [3.63, 3.8) is 0 Å². The highest BCUT2D eigenvalue weighted by Crippen LogP contribution is 2.27. The Morgan fingerprint density at radius 2 is 1.77 bits per heavy atom. The highest BCUT2D eigenvalue weighted by atomic mass is 35.5. The summed E-state index contributed by atoms with van der Waals surface area (Å²) >= 11 is 6.19. The second-order valence-electron chi connectivity index (χ2n) is 4.62. The molecule has 110 valence electrons. The van der Waals surface area contributed by atoms with Gasteiger partial charge in [0.05, 0.1) is 6.20 Å². The first kappa shape index (κ1) is 14.4. The lowest BCUT2D eigenvalue weighted by Gasteiger charge is -1.97. The Morgan fingerprint density at radius 3 is 2.45 bits per heavy atom. The summed E-state index contributed by atoms with van der Waals surface area (Å²) in [4.78, 5) is 4.12. The summed E-state index contributed by atoms with van der Waals surface area (Å²) in [5.74, 6) is 0.651. The van der Waals surface area contributed by atoms with Crippen LogP contribution in [0, 0.1) is 5.82 Å². The Hall–Kier alpha value is -2.59. The molecule has 0 saturated heterocycles. The minimum absolute atomic E-state index is 0.183. The Morgan fingerprint density at radius 1 is 1.09 bits per heavy atom. The van der Waals surface area contributed by atoms with E-state index in [1.54, 1.807) is 42.5 Å². The zero-order valence-corrected chi connectivity index (χ0v) is 12.1. The molecule has 3 nitrogen and oxygen atoms in total. The molecule has 3 aromatic rings. The largest absolute Gasteiger partial charge is 0.508 e. The second-order valence-corrected chi connectivity index (χ2v) is 5.03. The molecule has 0 spiro atoms. The third-order valence-electron chi connectivity index (χ3n) is 3.03. The first-order valence-corrected chi connectivity index (χ1v) is 6.88. The number of hydrogen-bond acceptors (Lipinski definition) is 3. The Kier molecular flexibility index (Phi) is 3.94. The molecule has 1 aromatic heterocycles. The van der Waals surface area contributed by atoms with Gasteiger partial charge in [-0.2, -0.15) is 0 Å². The lowest BCUT2D eigenvalue weighted by atomic mass is 10.2. The van der Waals surface area contributed by atoms with Crippen LogP contribution < -0.4 is 0 Å². The molecule has 0 saturated carbocycles. The Balaban J connectivity index is 1.86. The molecule has 0 aliphatic rings. The number of aromatic nitrogens is 1. The maximum atomic E-state index is 12.9. The maximum absolute atomic E-state index is 12.9. The van der Waals surface area contributed by atoms with E-state index in [1.165, 1.54) is 18.3 Å². The van der Waals surface area contributed by atoms with Crippen molar-refractivity contribution >= 4 is 22.7 Å². The zero-order valence-electron chi connectivity index (χ0n) is 11.3. The van der Waals surface area contributed by atoms with E-state index in [2.05, 4.69) is 4.98 Å². The van der Waals surface area contributed by atoms with E-state index in [4.69, 9.17) is 16.0 Å². The first-order chi connectivity index (χ1) is 10.6. The lowest BCUT2D eigenvalue weighted by Crippen LogP contribution is -1.77. The Labute approximate surface area is 131 Å². The van der Waals surface area contributed by atoms with Crippen molar-refractivity contribution in [1.82, 2.24) is 4.98 Å². The summed E-state index contributed by atoms with van der Waals surface area (Å²) in [5.41, 5.74) is 1.53. The minimum atomic E-state index is -0.311. The number of phenolic OH excluding ortho intramolecular Hbond substituents is 1. The third kappa shape index (κ3) is 3.18. The summed E-state index contributed by atoms with van der Waals surface area (Å²) in [6.45, 7) is 0. The molecule has 0 atom stereocenters. The van der Waals surface area contributed by atoms with Gasteiger partial charge in [-0.1, -0.05) is 23.7 Å². The predicted octanol–water partition coefficient (Wildman–Crippen LogP) is 4.92. The van der Waals surface area contributed by atoms with E-state index < -0.39 is 0 Å². The number of halogens is 2. The molecule has 0 amide bonds. The van der Waals surface area contributed by atoms with Gasteiger partial charge in [0.2, 0.25) is 5.89 Å². The minimum Gasteiger partial charge on any atom is -0.508 e. The standard InChI is InChI=1S/C17H11ClFNO2/c18-15(9-11-1-7-14(21)8-2-11)17-20-10-16(22-17)12-3-5-13(19)6-4-12/h1-10,21H. The van der Waals surface area contributed by atoms with E-state index in [9.17, 15) is 9.50 Å². The van der Waals surface area contributed by atoms with Crippen molar-refractivity contribution in [2.24, 2.45) is 0 Å². The number of hydrogen-bond donors (Lipinski definition) is 1. The van der Waals surface area contributed by atoms with Crippen LogP contribution in [0.15, 0.2) is 59.1 Å². The van der Waals surface area contributed by atoms with Gasteiger partial charge in [-0.15, -0.1) is 0 Å². The molecule has 1 N–H and O–H groups in total. The van der Waals surface area contributed by atoms with Gasteiger partial charge in [0.25, 0.3) is 0 Å². The fourth-order valence-electron chi connectivity index (χ4n) is 1.91. The monoisotopic (exact) mass is 315 g/mol. The van der Waals surface area contributed by atoms with E-state index >= 15 is 0 Å². The van der Waals surface area contributed by atoms with Crippen molar-refractivity contribution in [2.45, 2.75) is 0 Å². The van der Waals surface area contributed by atoms with Crippen LogP contribution in [0.4, 0.5) is 4.39 Å². The molecule has 0 bridgehead atoms. The molecule has 1 heterocycles. The van der Waals surface area contributed by atoms with Crippen LogP contribution in [0.2, 0.25) is 0 Å². The smallest absolute Gasteiger partial charge is 0.238 e. The van der Waals surface area contributed by atoms with Gasteiger partial charge in [0.1, 0.15) is 16.6 Å². The second kappa shape index (κ2) is 6.03. The molecular formula is C17H11ClFNO2. The van der Waals surface area contributed by atoms with Gasteiger partial charge >= 0.3 is 0 Å². The van der Waals surface area contributed by atoms with Crippen molar-refractivity contribution in [3.8, 4) is 17.1 Å². The van der Waals surface area contributed by atoms with Crippen LogP contribution in [0.25, 0.3) is 22.4 Å². The first-order valence-electron chi connectivity index (χ1n) is 6.50. The third-order valence-corrected chi connectivity index (χ3v) is 3.30. The lowest BCUT2D eigenvalue weighted by molar-refractivity contribution is 0.475. The summed E-state index contributed by atoms with van der Waals surface area (Å²) < 4.78 is 18.5. The van der Waals surface area contributed by atoms with Gasteiger partial charge in [-0.25, -0.2) is 9.37 Å². The predicted molar refractivity (Wildman–Crippen MR) is 83.7 cm³/mol. The van der Waals surface area contributed by atoms with Crippen LogP contribution in [-0.4, -0.2) is 10.1 Å². The van der Waals surface area contributed by atoms with Gasteiger partial charge in [-0.3, -0.25) is 0 Å². The number of benzene rings is 2. The molecule has 0 aliphatic heterocycles. The number of aromatic hydroxyl groups is 1. The van der Waals surface area contributed by atoms with Crippen molar-refractivity contribution < 1.29 is 13.9 Å². The van der Waals surface area contributed by atoms with Gasteiger partial charge in [-0.05, 0) is 48.0 Å². The normalized spacial score (nSPS) is 11.6. The average molecular weight is 316 g/mol. The topological polar surface area (TPSA) is 46.3 Å². The van der Waals surface area contributed by atoms with E-state index in [1.807, 2.05) is 0 Å². The van der Waals surface area contributed by atoms with Gasteiger partial charge < -0.3 is 9.52 Å². The van der Waals surface area contributed by atoms with E-state index in [0.29, 0.717) is 16.4 Å². The number of phenols is 1. The fourth-order valence-corrected chi connectivity index (χ4v) is 2.12. The van der Waals surface area contributed by atoms with Crippen LogP contribution >= 0.6 is 11.6 Å². The number of nitrogens with zero attached hydrogens (tertiary/aromatic N) is 1. The molecule has 0 fully saturated rings. The number of oxazole rings is 1. The summed E-state index contributed by atoms with van der Waals surface area (Å²) in [5, 5.41) is 9.58. The molecule has 2 aromatic carbocycles. The van der Waals surface area contributed by atoms with E-state index in [0.717, 1.165) is 5.56 Å². The SMILES string of the molecule is Oc1ccc(C=C(Cl)c2ncc(-c3ccc(F)cc3)o2)cc1. The van der Waals surface area contributed by atoms with Crippen LogP contribution in [0.5, 0.6) is 5.75 Å². The maximum Gasteiger partial charge on any atom is 0.238 e. The van der Waals surface area contributed by atoms with Crippen molar-refractivity contribution in [2.75, 3.05) is 0 Å². The molecule has 3 rings (SSSR count). The summed E-state index contributed by atoms with van der Waals surface area (Å²) in [6.07, 6.45) is 3.22. The molecular weight excluding hydrogens is 305 g/mol. The molecule has 22 heavy (non-hydrogen) atoms. The molecule has 0 unspecified atom stereocenters. The van der Waals surface area contributed by atoms with Crippen LogP contribution in [0.3, 0.4) is 0 Å². The fraction of sp³-hybridized carbons (Fsp3) is 0. The summed E-state index contributed by atoms with van der Waals surface area (Å²) in [7, 11) is 0. The molecule has 0 radical (unpaired) electrons. The van der Waals surface area contributed by atoms with Crippen molar-refractivity contribution in [3.05, 3.63) is 72.0 Å². The quantitative estimate of drug-likeness (QED) is 0.746. The molecule has 5 heteroatoms. The number of rotatable bonds is 3. The zero-order chi connectivity index (χ0) is 15.5. The van der Waals surface area contributed by atoms with Gasteiger partial charge in [0, 0.05) is 5.56 Å². The van der Waals surface area contributed by atoms with Crippen LogP contribution in [-0.2, 0) is 0 Å². The van der Waals surface area contributed by atoms with E-state index in [-0.39, 0.29) is 17.5 Å². The Bertz CT molecular complexity index is 807. The average Bonchev–Trinajstić information content (AvgIpc) is 3.00.